The second kappa shape index (κ2) is 5.87. The number of rotatable bonds is 3. The van der Waals surface area contributed by atoms with Crippen LogP contribution in [0.5, 0.6) is 5.75 Å². The molecule has 2 unspecified atom stereocenters. The normalized spacial score (nSPS) is 23.8. The Morgan fingerprint density at radius 2 is 2.00 bits per heavy atom. The first-order valence-electron chi connectivity index (χ1n) is 7.87. The van der Waals surface area contributed by atoms with Gasteiger partial charge in [0.25, 0.3) is 0 Å². The van der Waals surface area contributed by atoms with E-state index in [1.54, 1.807) is 0 Å². The zero-order chi connectivity index (χ0) is 17.7. The van der Waals surface area contributed by atoms with E-state index in [4.69, 9.17) is 4.74 Å². The molecule has 130 valence electrons. The number of nitrogens with zero attached hydrogens (tertiary/aromatic N) is 1. The molecule has 1 N–H and O–H groups in total. The van der Waals surface area contributed by atoms with E-state index in [0.29, 0.717) is 12.2 Å². The van der Waals surface area contributed by atoms with Gasteiger partial charge in [-0.2, -0.15) is 5.26 Å². The fourth-order valence-corrected chi connectivity index (χ4v) is 3.94. The SMILES string of the molecule is CC(C)(C)[S+]([O-])N[C@H](C#N)C1c2cc(F)c(F)cc2OCC12CC2. The summed E-state index contributed by atoms with van der Waals surface area (Å²) in [5.41, 5.74) is 0.204. The summed E-state index contributed by atoms with van der Waals surface area (Å²) < 4.78 is 47.7. The molecule has 24 heavy (non-hydrogen) atoms. The van der Waals surface area contributed by atoms with Gasteiger partial charge in [-0.05, 0) is 39.7 Å². The van der Waals surface area contributed by atoms with E-state index in [1.165, 1.54) is 0 Å². The largest absolute Gasteiger partial charge is 0.598 e. The van der Waals surface area contributed by atoms with Crippen molar-refractivity contribution in [2.45, 2.75) is 50.3 Å². The Kier molecular flexibility index (Phi) is 4.27. The molecule has 0 bridgehead atoms. The standard InChI is InChI=1S/C17H20F2N2O2S/c1-16(2,3)24(22)21-13(8-20)15-10-6-11(18)12(19)7-14(10)23-9-17(15)4-5-17/h6-7,13,15,21H,4-5,9H2,1-3H3/t13-,15?,24?/m1/s1. The number of fused-ring (bicyclic) bond motifs is 1. The van der Waals surface area contributed by atoms with Crippen molar-refractivity contribution in [3.8, 4) is 11.8 Å². The second-order valence-corrected chi connectivity index (χ2v) is 9.54. The lowest BCUT2D eigenvalue weighted by molar-refractivity contribution is 0.165. The first-order chi connectivity index (χ1) is 11.2. The van der Waals surface area contributed by atoms with Crippen molar-refractivity contribution in [2.24, 2.45) is 5.41 Å². The van der Waals surface area contributed by atoms with Gasteiger partial charge >= 0.3 is 0 Å². The van der Waals surface area contributed by atoms with Gasteiger partial charge in [0.1, 0.15) is 16.5 Å². The maximum Gasteiger partial charge on any atom is 0.162 e. The van der Waals surface area contributed by atoms with E-state index in [-0.39, 0.29) is 17.1 Å². The van der Waals surface area contributed by atoms with Crippen LogP contribution in [0.2, 0.25) is 0 Å². The number of halogens is 2. The number of nitrogens with one attached hydrogen (secondary N) is 1. The maximum absolute atomic E-state index is 13.8. The van der Waals surface area contributed by atoms with Crippen LogP contribution in [0.15, 0.2) is 12.1 Å². The van der Waals surface area contributed by atoms with Crippen LogP contribution in [0, 0.1) is 28.4 Å². The van der Waals surface area contributed by atoms with E-state index >= 15 is 0 Å². The fraction of sp³-hybridized carbons (Fsp3) is 0.588. The summed E-state index contributed by atoms with van der Waals surface area (Å²) in [4.78, 5) is 0. The molecule has 1 heterocycles. The molecule has 7 heteroatoms. The Balaban J connectivity index is 1.99. The van der Waals surface area contributed by atoms with E-state index in [2.05, 4.69) is 10.8 Å². The van der Waals surface area contributed by atoms with Gasteiger partial charge < -0.3 is 9.29 Å². The van der Waals surface area contributed by atoms with Crippen LogP contribution < -0.4 is 9.46 Å². The van der Waals surface area contributed by atoms with E-state index < -0.39 is 33.8 Å². The van der Waals surface area contributed by atoms with Crippen LogP contribution in [0.4, 0.5) is 8.78 Å². The number of hydrogen-bond acceptors (Lipinski definition) is 4. The zero-order valence-corrected chi connectivity index (χ0v) is 14.7. The van der Waals surface area contributed by atoms with Crippen LogP contribution >= 0.6 is 0 Å². The van der Waals surface area contributed by atoms with Crippen LogP contribution in [0.3, 0.4) is 0 Å². The smallest absolute Gasteiger partial charge is 0.162 e. The molecular formula is C17H20F2N2O2S. The highest BCUT2D eigenvalue weighted by molar-refractivity contribution is 7.90. The minimum Gasteiger partial charge on any atom is -0.598 e. The molecule has 2 aliphatic rings. The first kappa shape index (κ1) is 17.5. The predicted octanol–water partition coefficient (Wildman–Crippen LogP) is 3.16. The molecule has 3 atom stereocenters. The minimum atomic E-state index is -1.44. The summed E-state index contributed by atoms with van der Waals surface area (Å²) in [6.45, 7) is 5.79. The molecule has 0 saturated heterocycles. The molecule has 4 nitrogen and oxygen atoms in total. The summed E-state index contributed by atoms with van der Waals surface area (Å²) in [5.74, 6) is -2.06. The molecule has 0 radical (unpaired) electrons. The summed E-state index contributed by atoms with van der Waals surface area (Å²) in [6, 6.07) is 3.55. The van der Waals surface area contributed by atoms with Crippen LogP contribution in [0.25, 0.3) is 0 Å². The number of hydrogen-bond donors (Lipinski definition) is 1. The van der Waals surface area contributed by atoms with E-state index in [0.717, 1.165) is 25.0 Å². The van der Waals surface area contributed by atoms with Crippen molar-refractivity contribution in [3.63, 3.8) is 0 Å². The summed E-state index contributed by atoms with van der Waals surface area (Å²) in [5, 5.41) is 9.65. The highest BCUT2D eigenvalue weighted by Gasteiger charge is 2.57. The highest BCUT2D eigenvalue weighted by Crippen LogP contribution is 2.61. The lowest BCUT2D eigenvalue weighted by Crippen LogP contribution is -2.49. The van der Waals surface area contributed by atoms with Gasteiger partial charge in [0.2, 0.25) is 0 Å². The molecule has 0 amide bonds. The fourth-order valence-electron chi connectivity index (χ4n) is 3.16. The van der Waals surface area contributed by atoms with Gasteiger partial charge in [-0.15, -0.1) is 4.72 Å². The van der Waals surface area contributed by atoms with Gasteiger partial charge in [0.05, 0.1) is 12.7 Å². The molecule has 1 aliphatic heterocycles. The van der Waals surface area contributed by atoms with Crippen molar-refractivity contribution >= 4 is 11.4 Å². The predicted molar refractivity (Wildman–Crippen MR) is 86.7 cm³/mol. The molecule has 1 aromatic rings. The average molecular weight is 354 g/mol. The topological polar surface area (TPSA) is 68.1 Å². The molecule has 1 spiro atoms. The van der Waals surface area contributed by atoms with Gasteiger partial charge in [-0.3, -0.25) is 0 Å². The average Bonchev–Trinajstić information content (AvgIpc) is 3.26. The van der Waals surface area contributed by atoms with Crippen LogP contribution in [0.1, 0.15) is 45.1 Å². The Morgan fingerprint density at radius 3 is 2.54 bits per heavy atom. The lowest BCUT2D eigenvalue weighted by Gasteiger charge is -2.37. The Labute approximate surface area is 143 Å². The van der Waals surface area contributed by atoms with E-state index in [9.17, 15) is 18.6 Å². The van der Waals surface area contributed by atoms with Gasteiger partial charge in [0, 0.05) is 34.3 Å². The third-order valence-electron chi connectivity index (χ3n) is 4.72. The number of nitriles is 1. The molecule has 1 aliphatic carbocycles. The zero-order valence-electron chi connectivity index (χ0n) is 13.9. The first-order valence-corrected chi connectivity index (χ1v) is 9.02. The Morgan fingerprint density at radius 1 is 1.38 bits per heavy atom. The molecule has 3 rings (SSSR count). The van der Waals surface area contributed by atoms with Crippen molar-refractivity contribution in [3.05, 3.63) is 29.3 Å². The van der Waals surface area contributed by atoms with Crippen LogP contribution in [-0.2, 0) is 11.4 Å². The molecule has 1 fully saturated rings. The second-order valence-electron chi connectivity index (χ2n) is 7.54. The number of benzene rings is 1. The molecular weight excluding hydrogens is 334 g/mol. The van der Waals surface area contributed by atoms with Crippen LogP contribution in [-0.4, -0.2) is 21.9 Å². The minimum absolute atomic E-state index is 0.264. The van der Waals surface area contributed by atoms with Gasteiger partial charge in [0.15, 0.2) is 11.6 Å². The molecule has 1 saturated carbocycles. The quantitative estimate of drug-likeness (QED) is 0.847. The third-order valence-corrected chi connectivity index (χ3v) is 6.30. The Bertz CT molecular complexity index is 695. The summed E-state index contributed by atoms with van der Waals surface area (Å²) in [7, 11) is 0. The number of ether oxygens (including phenoxy) is 1. The summed E-state index contributed by atoms with van der Waals surface area (Å²) >= 11 is -1.44. The molecule has 1 aromatic carbocycles. The van der Waals surface area contributed by atoms with E-state index in [1.807, 2.05) is 20.8 Å². The lowest BCUT2D eigenvalue weighted by atomic mass is 9.77. The van der Waals surface area contributed by atoms with Crippen molar-refractivity contribution < 1.29 is 18.1 Å². The maximum atomic E-state index is 13.8. The van der Waals surface area contributed by atoms with Crippen molar-refractivity contribution in [2.75, 3.05) is 6.61 Å². The Hall–Kier alpha value is -1.36. The van der Waals surface area contributed by atoms with Gasteiger partial charge in [-0.1, -0.05) is 0 Å². The highest BCUT2D eigenvalue weighted by atomic mass is 32.2. The van der Waals surface area contributed by atoms with Crippen molar-refractivity contribution in [1.29, 1.82) is 5.26 Å². The summed E-state index contributed by atoms with van der Waals surface area (Å²) in [6.07, 6.45) is 1.69. The third kappa shape index (κ3) is 2.99. The monoisotopic (exact) mass is 354 g/mol. The van der Waals surface area contributed by atoms with Crippen molar-refractivity contribution in [1.82, 2.24) is 4.72 Å². The van der Waals surface area contributed by atoms with Gasteiger partial charge in [-0.25, -0.2) is 8.78 Å². The molecule has 0 aromatic heterocycles.